The topological polar surface area (TPSA) is 257 Å². The summed E-state index contributed by atoms with van der Waals surface area (Å²) in [5, 5.41) is 39.4. The van der Waals surface area contributed by atoms with Crippen LogP contribution in [0.2, 0.25) is 0 Å². The lowest BCUT2D eigenvalue weighted by Gasteiger charge is -2.28. The van der Waals surface area contributed by atoms with Crippen molar-refractivity contribution in [3.63, 3.8) is 0 Å². The van der Waals surface area contributed by atoms with E-state index in [1.165, 1.54) is 42.6 Å². The van der Waals surface area contributed by atoms with Gasteiger partial charge in [0, 0.05) is 29.4 Å². The third-order valence-electron chi connectivity index (χ3n) is 10.00. The Bertz CT molecular complexity index is 1840. The highest BCUT2D eigenvalue weighted by Crippen LogP contribution is 2.18. The van der Waals surface area contributed by atoms with E-state index >= 15 is 0 Å². The lowest BCUT2D eigenvalue weighted by molar-refractivity contribution is -0.141. The number of amides is 6. The molecule has 3 heterocycles. The lowest BCUT2D eigenvalue weighted by atomic mass is 9.99. The van der Waals surface area contributed by atoms with Crippen LogP contribution in [0, 0.1) is 11.8 Å². The Kier molecular flexibility index (Phi) is 19.1. The van der Waals surface area contributed by atoms with Crippen molar-refractivity contribution < 1.29 is 43.8 Å². The maximum absolute atomic E-state index is 14.2. The molecule has 0 spiro atoms. The molecular weight excluding hydrogens is 825 g/mol. The quantitative estimate of drug-likeness (QED) is 0.173. The van der Waals surface area contributed by atoms with Gasteiger partial charge in [-0.1, -0.05) is 45.9 Å². The van der Waals surface area contributed by atoms with Gasteiger partial charge in [0.1, 0.15) is 42.0 Å². The molecule has 0 unspecified atom stereocenters. The molecule has 6 amide bonds. The number of thioether (sulfide) groups is 2. The number of nitrogens with zero attached hydrogens (tertiary/aromatic N) is 1. The van der Waals surface area contributed by atoms with E-state index in [1.54, 1.807) is 18.2 Å². The van der Waals surface area contributed by atoms with Gasteiger partial charge in [0.25, 0.3) is 0 Å². The van der Waals surface area contributed by atoms with Crippen molar-refractivity contribution in [2.45, 2.75) is 121 Å². The molecule has 1 aromatic carbocycles. The maximum atomic E-state index is 14.2. The summed E-state index contributed by atoms with van der Waals surface area (Å²) in [5.41, 5.74) is 1.94. The minimum Gasteiger partial charge on any atom is -0.508 e. The normalized spacial score (nSPS) is 25.6. The van der Waals surface area contributed by atoms with Gasteiger partial charge in [0.05, 0.1) is 17.4 Å². The highest BCUT2D eigenvalue weighted by atomic mass is 32.2. The van der Waals surface area contributed by atoms with Crippen LogP contribution in [-0.2, 0) is 51.5 Å². The van der Waals surface area contributed by atoms with Crippen LogP contribution in [0.25, 0.3) is 0 Å². The summed E-state index contributed by atoms with van der Waals surface area (Å²) in [6.45, 7) is 9.54. The lowest BCUT2D eigenvalue weighted by Crippen LogP contribution is -2.60. The van der Waals surface area contributed by atoms with Gasteiger partial charge in [-0.2, -0.15) is 23.5 Å². The van der Waals surface area contributed by atoms with Crippen LogP contribution in [0.1, 0.15) is 77.3 Å². The van der Waals surface area contributed by atoms with E-state index in [1.807, 2.05) is 39.8 Å². The van der Waals surface area contributed by atoms with Crippen LogP contribution in [0.3, 0.4) is 0 Å². The van der Waals surface area contributed by atoms with E-state index in [0.717, 1.165) is 6.42 Å². The number of carbonyl (C=O) groups is 7. The van der Waals surface area contributed by atoms with Crippen LogP contribution in [0.5, 0.6) is 5.75 Å². The second-order valence-electron chi connectivity index (χ2n) is 16.3. The Morgan fingerprint density at radius 1 is 0.738 bits per heavy atom. The number of aliphatic carboxylic acids is 1. The van der Waals surface area contributed by atoms with E-state index in [9.17, 15) is 43.8 Å². The average molecular weight is 885 g/mol. The highest BCUT2D eigenvalue weighted by molar-refractivity contribution is 7.98. The second-order valence-corrected chi connectivity index (χ2v) is 18.4. The molecule has 61 heavy (non-hydrogen) atoms. The van der Waals surface area contributed by atoms with E-state index in [0.29, 0.717) is 41.4 Å². The molecule has 1 saturated heterocycles. The fourth-order valence-corrected chi connectivity index (χ4v) is 8.67. The van der Waals surface area contributed by atoms with Crippen molar-refractivity contribution in [3.05, 3.63) is 59.4 Å². The number of benzene rings is 1. The van der Waals surface area contributed by atoms with Crippen molar-refractivity contribution in [2.75, 3.05) is 18.1 Å². The molecule has 334 valence electrons. The Balaban J connectivity index is 1.69. The molecule has 0 saturated carbocycles. The zero-order chi connectivity index (χ0) is 44.6. The molecule has 0 radical (unpaired) electrons. The smallest absolute Gasteiger partial charge is 0.327 e. The number of carboxylic acids is 1. The first-order valence-corrected chi connectivity index (χ1v) is 23.0. The number of fused-ring (bicyclic) bond motifs is 2. The molecule has 2 aliphatic rings. The summed E-state index contributed by atoms with van der Waals surface area (Å²) in [4.78, 5) is 99.6. The molecule has 4 rings (SSSR count). The van der Waals surface area contributed by atoms with Crippen LogP contribution >= 0.6 is 23.5 Å². The molecule has 2 aliphatic heterocycles. The van der Waals surface area contributed by atoms with Gasteiger partial charge in [-0.25, -0.2) is 4.79 Å². The Labute approximate surface area is 365 Å². The molecular formula is C42H60N8O9S2. The fourth-order valence-electron chi connectivity index (χ4n) is 6.77. The predicted octanol–water partition coefficient (Wildman–Crippen LogP) is 1.37. The molecule has 17 nitrogen and oxygen atoms in total. The summed E-state index contributed by atoms with van der Waals surface area (Å²) in [6, 6.07) is 4.00. The zero-order valence-corrected chi connectivity index (χ0v) is 37.0. The molecule has 2 aromatic rings. The van der Waals surface area contributed by atoms with Crippen molar-refractivity contribution in [2.24, 2.45) is 11.8 Å². The standard InChI is InChI=1S/C42H60N8O9S2/c1-23(2)16-31-38(54)44-25(5)36(52)50-35(42(58)59)22-61-20-28-9-6-8-27(45-28)19-60-21-34(49-37(53)30-10-7-15-43-30)41(57)47-32(17-24(3)4)39(55)48-33(40(56)46-31)18-26-11-13-29(51)14-12-26/h6,8-9,11-14,23-25,30-35,43,51H,7,10,15-22H2,1-5H3,(H,44,54)(H,46,56)(H,47,57)(H,48,55)(H,49,53)(H,50,52)(H,58,59)/t25-,30-,31-,32-,33-,34-,35-/m0/s1. The third-order valence-corrected chi connectivity index (χ3v) is 12.1. The number of aromatic nitrogens is 1. The Morgan fingerprint density at radius 3 is 1.87 bits per heavy atom. The van der Waals surface area contributed by atoms with Crippen molar-refractivity contribution in [1.29, 1.82) is 0 Å². The number of rotatable bonds is 9. The molecule has 7 atom stereocenters. The molecule has 9 N–H and O–H groups in total. The first-order valence-electron chi connectivity index (χ1n) is 20.7. The zero-order valence-electron chi connectivity index (χ0n) is 35.3. The number of carbonyl (C=O) groups excluding carboxylic acids is 6. The number of phenols is 1. The van der Waals surface area contributed by atoms with E-state index in [-0.39, 0.29) is 54.3 Å². The molecule has 1 fully saturated rings. The summed E-state index contributed by atoms with van der Waals surface area (Å²) in [6.07, 6.45) is 1.72. The molecule has 1 aromatic heterocycles. The molecule has 19 heteroatoms. The van der Waals surface area contributed by atoms with Crippen LogP contribution in [0.15, 0.2) is 42.5 Å². The van der Waals surface area contributed by atoms with Crippen molar-refractivity contribution in [1.82, 2.24) is 42.2 Å². The largest absolute Gasteiger partial charge is 0.508 e. The first kappa shape index (κ1) is 48.8. The van der Waals surface area contributed by atoms with Gasteiger partial charge in [-0.3, -0.25) is 33.8 Å². The van der Waals surface area contributed by atoms with Gasteiger partial charge in [-0.05, 0) is 80.8 Å². The van der Waals surface area contributed by atoms with Crippen LogP contribution in [-0.4, -0.2) is 117 Å². The number of hydrogen-bond acceptors (Lipinski definition) is 12. The highest BCUT2D eigenvalue weighted by Gasteiger charge is 2.34. The number of nitrogens with one attached hydrogen (secondary N) is 7. The number of pyridine rings is 1. The molecule has 2 bridgehead atoms. The first-order chi connectivity index (χ1) is 29.0. The number of aromatic hydroxyl groups is 1. The van der Waals surface area contributed by atoms with Crippen molar-refractivity contribution >= 4 is 64.9 Å². The van der Waals surface area contributed by atoms with Gasteiger partial charge < -0.3 is 47.4 Å². The van der Waals surface area contributed by atoms with Gasteiger partial charge in [-0.15, -0.1) is 0 Å². The summed E-state index contributed by atoms with van der Waals surface area (Å²) < 4.78 is 0. The number of carboxylic acid groups (broad SMARTS) is 1. The van der Waals surface area contributed by atoms with E-state index in [2.05, 4.69) is 37.2 Å². The van der Waals surface area contributed by atoms with Gasteiger partial charge in [0.2, 0.25) is 35.4 Å². The monoisotopic (exact) mass is 884 g/mol. The minimum atomic E-state index is -1.28. The number of phenolic OH excluding ortho intramolecular Hbond substituents is 1. The summed E-state index contributed by atoms with van der Waals surface area (Å²) >= 11 is 2.62. The predicted molar refractivity (Wildman–Crippen MR) is 233 cm³/mol. The van der Waals surface area contributed by atoms with Gasteiger partial charge in [0.15, 0.2) is 0 Å². The Morgan fingerprint density at radius 2 is 1.30 bits per heavy atom. The third kappa shape index (κ3) is 16.2. The van der Waals surface area contributed by atoms with Crippen LogP contribution < -0.4 is 37.2 Å². The van der Waals surface area contributed by atoms with Crippen molar-refractivity contribution in [3.8, 4) is 5.75 Å². The van der Waals surface area contributed by atoms with E-state index in [4.69, 9.17) is 4.98 Å². The maximum Gasteiger partial charge on any atom is 0.327 e. The summed E-state index contributed by atoms with van der Waals surface area (Å²) in [7, 11) is 0. The SMILES string of the molecule is CC(C)C[C@@H]1NC(=O)[C@H](Cc2ccc(O)cc2)NC(=O)[C@H](CC(C)C)NC(=O)[C@@H](NC(=O)[C@@H]2CCCN2)CSCc2cccc(n2)CSC[C@@H](C(=O)O)NC(=O)[C@H](C)NC1=O. The summed E-state index contributed by atoms with van der Waals surface area (Å²) in [5.74, 6) is -4.31. The van der Waals surface area contributed by atoms with E-state index < -0.39 is 77.8 Å². The molecule has 0 aliphatic carbocycles. The Hall–Kier alpha value is -4.88. The average Bonchev–Trinajstić information content (AvgIpc) is 3.75. The minimum absolute atomic E-state index is 0.00484. The number of hydrogen-bond donors (Lipinski definition) is 9. The van der Waals surface area contributed by atoms with Crippen LogP contribution in [0.4, 0.5) is 0 Å². The fraction of sp³-hybridized carbons (Fsp3) is 0.571. The van der Waals surface area contributed by atoms with Gasteiger partial charge >= 0.3 is 5.97 Å². The second kappa shape index (κ2) is 23.9.